The third-order valence-corrected chi connectivity index (χ3v) is 6.87. The molecule has 1 spiro atoms. The van der Waals surface area contributed by atoms with Crippen LogP contribution in [0.15, 0.2) is 12.5 Å². The van der Waals surface area contributed by atoms with E-state index in [0.717, 1.165) is 44.6 Å². The van der Waals surface area contributed by atoms with Crippen molar-refractivity contribution in [3.8, 4) is 0 Å². The second kappa shape index (κ2) is 7.97. The number of carbonyl (C=O) groups excluding carboxylic acids is 2. The Bertz CT molecular complexity index is 757. The van der Waals surface area contributed by atoms with Crippen molar-refractivity contribution in [1.82, 2.24) is 24.3 Å². The Morgan fingerprint density at radius 2 is 2.03 bits per heavy atom. The molecule has 29 heavy (non-hydrogen) atoms. The van der Waals surface area contributed by atoms with Crippen molar-refractivity contribution in [3.05, 3.63) is 18.2 Å². The first-order valence-electron chi connectivity index (χ1n) is 10.8. The van der Waals surface area contributed by atoms with Crippen LogP contribution in [0.3, 0.4) is 0 Å². The minimum atomic E-state index is -0.570. The third-order valence-electron chi connectivity index (χ3n) is 6.87. The highest BCUT2D eigenvalue weighted by atomic mass is 16.5. The molecule has 8 nitrogen and oxygen atoms in total. The van der Waals surface area contributed by atoms with Gasteiger partial charge in [-0.1, -0.05) is 0 Å². The van der Waals surface area contributed by atoms with Crippen LogP contribution in [0.1, 0.15) is 50.8 Å². The van der Waals surface area contributed by atoms with Crippen LogP contribution in [-0.2, 0) is 9.53 Å². The lowest BCUT2D eigenvalue weighted by Gasteiger charge is -2.28. The Morgan fingerprint density at radius 3 is 2.69 bits per heavy atom. The van der Waals surface area contributed by atoms with E-state index in [9.17, 15) is 9.59 Å². The highest BCUT2D eigenvalue weighted by molar-refractivity contribution is 5.88. The largest absolute Gasteiger partial charge is 0.383 e. The molecule has 0 aliphatic carbocycles. The predicted molar refractivity (Wildman–Crippen MR) is 109 cm³/mol. The van der Waals surface area contributed by atoms with Gasteiger partial charge in [0.2, 0.25) is 5.91 Å². The maximum atomic E-state index is 13.5. The average molecular weight is 404 g/mol. The highest BCUT2D eigenvalue weighted by Gasteiger charge is 2.59. The Kier molecular flexibility index (Phi) is 5.55. The zero-order chi connectivity index (χ0) is 20.6. The van der Waals surface area contributed by atoms with Crippen LogP contribution >= 0.6 is 0 Å². The number of methoxy groups -OCH3 is 1. The zero-order valence-corrected chi connectivity index (χ0v) is 17.8. The summed E-state index contributed by atoms with van der Waals surface area (Å²) in [6.07, 6.45) is 6.80. The number of nitrogens with zero attached hydrogens (tertiary/aromatic N) is 5. The molecule has 8 heteroatoms. The molecule has 0 aromatic carbocycles. The molecule has 3 aliphatic rings. The van der Waals surface area contributed by atoms with E-state index in [1.54, 1.807) is 7.11 Å². The number of imidazole rings is 1. The van der Waals surface area contributed by atoms with Crippen LogP contribution in [0, 0.1) is 5.41 Å². The van der Waals surface area contributed by atoms with Crippen LogP contribution < -0.4 is 0 Å². The Balaban J connectivity index is 1.62. The number of hydrogen-bond acceptors (Lipinski definition) is 4. The number of urea groups is 1. The summed E-state index contributed by atoms with van der Waals surface area (Å²) < 4.78 is 7.27. The molecule has 4 rings (SSSR count). The van der Waals surface area contributed by atoms with Gasteiger partial charge in [-0.05, 0) is 33.1 Å². The van der Waals surface area contributed by atoms with Crippen molar-refractivity contribution >= 4 is 11.9 Å². The fourth-order valence-corrected chi connectivity index (χ4v) is 5.10. The normalized spacial score (nSPS) is 27.2. The van der Waals surface area contributed by atoms with Gasteiger partial charge < -0.3 is 24.0 Å². The van der Waals surface area contributed by atoms with Crippen molar-refractivity contribution in [2.75, 3.05) is 53.0 Å². The van der Waals surface area contributed by atoms with Crippen molar-refractivity contribution in [1.29, 1.82) is 0 Å². The lowest BCUT2D eigenvalue weighted by molar-refractivity contribution is -0.136. The van der Waals surface area contributed by atoms with Gasteiger partial charge in [-0.2, -0.15) is 0 Å². The van der Waals surface area contributed by atoms with Crippen LogP contribution in [0.25, 0.3) is 0 Å². The van der Waals surface area contributed by atoms with Crippen LogP contribution in [0.5, 0.6) is 0 Å². The summed E-state index contributed by atoms with van der Waals surface area (Å²) in [5.74, 6) is 0.0875. The standard InChI is InChI=1S/C21H33N5O3/c1-16(2)26-13-18(22-15-26)17-12-25(20(28)24-7-4-5-8-24)14-21(17)6-9-23(19(21)27)10-11-29-3/h13,15-17H,4-12,14H2,1-3H3/t17-,21+/m1/s1. The summed E-state index contributed by atoms with van der Waals surface area (Å²) in [5.41, 5.74) is 0.358. The molecule has 0 radical (unpaired) electrons. The van der Waals surface area contributed by atoms with E-state index in [1.165, 1.54) is 0 Å². The topological polar surface area (TPSA) is 70.9 Å². The molecule has 0 N–H and O–H groups in total. The monoisotopic (exact) mass is 403 g/mol. The minimum absolute atomic E-state index is 0.0610. The quantitative estimate of drug-likeness (QED) is 0.753. The summed E-state index contributed by atoms with van der Waals surface area (Å²) >= 11 is 0. The summed E-state index contributed by atoms with van der Waals surface area (Å²) in [6.45, 7) is 8.78. The van der Waals surface area contributed by atoms with Gasteiger partial charge in [0, 0.05) is 64.5 Å². The van der Waals surface area contributed by atoms with Gasteiger partial charge in [-0.3, -0.25) is 4.79 Å². The fraction of sp³-hybridized carbons (Fsp3) is 0.762. The molecule has 3 aliphatic heterocycles. The molecule has 3 saturated heterocycles. The van der Waals surface area contributed by atoms with Gasteiger partial charge >= 0.3 is 6.03 Å². The van der Waals surface area contributed by atoms with Gasteiger partial charge in [0.25, 0.3) is 0 Å². The molecule has 3 fully saturated rings. The molecule has 2 atom stereocenters. The lowest BCUT2D eigenvalue weighted by Crippen LogP contribution is -2.44. The molecule has 1 aromatic heterocycles. The molecule has 3 amide bonds. The molecule has 0 saturated carbocycles. The number of likely N-dealkylation sites (tertiary alicyclic amines) is 3. The maximum absolute atomic E-state index is 13.5. The van der Waals surface area contributed by atoms with Crippen molar-refractivity contribution < 1.29 is 14.3 Å². The number of aromatic nitrogens is 2. The molecular weight excluding hydrogens is 370 g/mol. The zero-order valence-electron chi connectivity index (χ0n) is 17.8. The van der Waals surface area contributed by atoms with Gasteiger partial charge in [-0.25, -0.2) is 9.78 Å². The Morgan fingerprint density at radius 1 is 1.28 bits per heavy atom. The third kappa shape index (κ3) is 3.52. The molecule has 1 aromatic rings. The van der Waals surface area contributed by atoms with E-state index >= 15 is 0 Å². The van der Waals surface area contributed by atoms with E-state index in [4.69, 9.17) is 4.74 Å². The van der Waals surface area contributed by atoms with E-state index in [-0.39, 0.29) is 17.9 Å². The van der Waals surface area contributed by atoms with E-state index in [1.807, 2.05) is 21.0 Å². The van der Waals surface area contributed by atoms with E-state index in [0.29, 0.717) is 32.3 Å². The number of hydrogen-bond donors (Lipinski definition) is 0. The Labute approximate surface area is 172 Å². The molecule has 4 heterocycles. The van der Waals surface area contributed by atoms with Crippen molar-refractivity contribution in [3.63, 3.8) is 0 Å². The Hall–Kier alpha value is -2.09. The summed E-state index contributed by atoms with van der Waals surface area (Å²) in [5, 5.41) is 0. The number of rotatable bonds is 5. The summed E-state index contributed by atoms with van der Waals surface area (Å²) in [6, 6.07) is 0.393. The van der Waals surface area contributed by atoms with Gasteiger partial charge in [0.05, 0.1) is 24.0 Å². The second-order valence-electron chi connectivity index (χ2n) is 8.94. The van der Waals surface area contributed by atoms with Gasteiger partial charge in [0.15, 0.2) is 0 Å². The SMILES string of the molecule is COCCN1CC[C@@]2(CN(C(=O)N3CCCC3)C[C@@H]2c2cn(C(C)C)cn2)C1=O. The van der Waals surface area contributed by atoms with Crippen molar-refractivity contribution in [2.45, 2.75) is 45.1 Å². The fourth-order valence-electron chi connectivity index (χ4n) is 5.10. The van der Waals surface area contributed by atoms with Gasteiger partial charge in [-0.15, -0.1) is 0 Å². The smallest absolute Gasteiger partial charge is 0.320 e. The average Bonchev–Trinajstić information content (AvgIpc) is 3.49. The summed E-state index contributed by atoms with van der Waals surface area (Å²) in [7, 11) is 1.66. The molecule has 0 bridgehead atoms. The van der Waals surface area contributed by atoms with Crippen LogP contribution in [-0.4, -0.2) is 89.2 Å². The second-order valence-corrected chi connectivity index (χ2v) is 8.94. The van der Waals surface area contributed by atoms with E-state index in [2.05, 4.69) is 29.6 Å². The van der Waals surface area contributed by atoms with Crippen LogP contribution in [0.4, 0.5) is 4.79 Å². The molecular formula is C21H33N5O3. The highest BCUT2D eigenvalue weighted by Crippen LogP contribution is 2.49. The number of ether oxygens (including phenoxy) is 1. The van der Waals surface area contributed by atoms with Gasteiger partial charge in [0.1, 0.15) is 0 Å². The number of amides is 3. The predicted octanol–water partition coefficient (Wildman–Crippen LogP) is 1.94. The lowest BCUT2D eigenvalue weighted by atomic mass is 9.75. The first-order chi connectivity index (χ1) is 14.0. The summed E-state index contributed by atoms with van der Waals surface area (Å²) in [4.78, 5) is 37.1. The maximum Gasteiger partial charge on any atom is 0.320 e. The minimum Gasteiger partial charge on any atom is -0.383 e. The van der Waals surface area contributed by atoms with Crippen LogP contribution in [0.2, 0.25) is 0 Å². The van der Waals surface area contributed by atoms with E-state index < -0.39 is 5.41 Å². The first-order valence-corrected chi connectivity index (χ1v) is 10.8. The number of carbonyl (C=O) groups is 2. The molecule has 160 valence electrons. The molecule has 0 unspecified atom stereocenters. The first kappa shape index (κ1) is 20.2. The van der Waals surface area contributed by atoms with Crippen molar-refractivity contribution in [2.24, 2.45) is 5.41 Å².